The first-order valence-corrected chi connectivity index (χ1v) is 4.87. The molecule has 1 N–H and O–H groups in total. The Morgan fingerprint density at radius 1 is 1.33 bits per heavy atom. The van der Waals surface area contributed by atoms with Gasteiger partial charge in [0.15, 0.2) is 0 Å². The van der Waals surface area contributed by atoms with Crippen LogP contribution in [0.1, 0.15) is 33.6 Å². The van der Waals surface area contributed by atoms with Crippen LogP contribution in [0.3, 0.4) is 0 Å². The smallest absolute Gasteiger partial charge is 0.00236 e. The fraction of sp³-hybridized carbons (Fsp3) is 0.818. The van der Waals surface area contributed by atoms with Gasteiger partial charge in [0.25, 0.3) is 0 Å². The molecule has 12 heavy (non-hydrogen) atoms. The van der Waals surface area contributed by atoms with Gasteiger partial charge in [-0.1, -0.05) is 19.4 Å². The van der Waals surface area contributed by atoms with Crippen LogP contribution in [-0.2, 0) is 0 Å². The summed E-state index contributed by atoms with van der Waals surface area (Å²) in [5, 5.41) is 3.21. The van der Waals surface area contributed by atoms with Crippen LogP contribution >= 0.6 is 0 Å². The summed E-state index contributed by atoms with van der Waals surface area (Å²) in [5.41, 5.74) is 1.30. The van der Waals surface area contributed by atoms with Gasteiger partial charge in [-0.25, -0.2) is 0 Å². The van der Waals surface area contributed by atoms with Crippen LogP contribution < -0.4 is 5.32 Å². The first-order chi connectivity index (χ1) is 5.57. The highest BCUT2D eigenvalue weighted by Crippen LogP contribution is 2.18. The molecule has 72 valence electrons. The summed E-state index contributed by atoms with van der Waals surface area (Å²) in [6.07, 6.45) is 2.45. The number of hydrogen-bond donors (Lipinski definition) is 1. The van der Waals surface area contributed by atoms with Gasteiger partial charge in [0, 0.05) is 0 Å². The molecule has 0 rings (SSSR count). The van der Waals surface area contributed by atoms with E-state index in [0.717, 1.165) is 18.4 Å². The molecule has 0 aromatic carbocycles. The second-order valence-corrected chi connectivity index (χ2v) is 4.01. The fourth-order valence-corrected chi connectivity index (χ4v) is 1.28. The van der Waals surface area contributed by atoms with Gasteiger partial charge in [-0.05, 0) is 45.2 Å². The summed E-state index contributed by atoms with van der Waals surface area (Å²) in [6, 6.07) is 0. The summed E-state index contributed by atoms with van der Waals surface area (Å²) in [5.74, 6) is 1.57. The van der Waals surface area contributed by atoms with E-state index < -0.39 is 0 Å². The lowest BCUT2D eigenvalue weighted by Crippen LogP contribution is -2.21. The molecule has 0 heterocycles. The molecule has 0 aliphatic carbocycles. The molecule has 0 saturated heterocycles. The summed E-state index contributed by atoms with van der Waals surface area (Å²) >= 11 is 0. The Bertz CT molecular complexity index is 129. The van der Waals surface area contributed by atoms with Crippen molar-refractivity contribution >= 4 is 0 Å². The van der Waals surface area contributed by atoms with Crippen LogP contribution in [-0.4, -0.2) is 13.6 Å². The highest BCUT2D eigenvalue weighted by atomic mass is 14.8. The van der Waals surface area contributed by atoms with Gasteiger partial charge >= 0.3 is 0 Å². The van der Waals surface area contributed by atoms with Crippen molar-refractivity contribution in [2.45, 2.75) is 33.6 Å². The maximum absolute atomic E-state index is 3.92. The minimum absolute atomic E-state index is 0.773. The van der Waals surface area contributed by atoms with Crippen molar-refractivity contribution in [1.82, 2.24) is 5.32 Å². The highest BCUT2D eigenvalue weighted by Gasteiger charge is 2.10. The van der Waals surface area contributed by atoms with Crippen molar-refractivity contribution < 1.29 is 0 Å². The fourth-order valence-electron chi connectivity index (χ4n) is 1.28. The van der Waals surface area contributed by atoms with E-state index in [2.05, 4.69) is 32.7 Å². The Labute approximate surface area is 77.2 Å². The summed E-state index contributed by atoms with van der Waals surface area (Å²) in [4.78, 5) is 0. The summed E-state index contributed by atoms with van der Waals surface area (Å²) < 4.78 is 0. The van der Waals surface area contributed by atoms with Crippen LogP contribution in [0.2, 0.25) is 0 Å². The maximum atomic E-state index is 3.92. The Morgan fingerprint density at radius 3 is 2.33 bits per heavy atom. The van der Waals surface area contributed by atoms with Crippen molar-refractivity contribution in [1.29, 1.82) is 0 Å². The Balaban J connectivity index is 3.55. The Morgan fingerprint density at radius 2 is 1.92 bits per heavy atom. The van der Waals surface area contributed by atoms with Gasteiger partial charge in [-0.15, -0.1) is 6.58 Å². The molecule has 0 spiro atoms. The van der Waals surface area contributed by atoms with Gasteiger partial charge in [-0.2, -0.15) is 0 Å². The quantitative estimate of drug-likeness (QED) is 0.603. The standard InChI is InChI=1S/C11H23N/c1-9(2)6-7-10(3)11(4)8-12-5/h10-12H,1,6-8H2,2-5H3. The molecular formula is C11H23N. The molecule has 0 bridgehead atoms. The highest BCUT2D eigenvalue weighted by molar-refractivity contribution is 4.88. The van der Waals surface area contributed by atoms with E-state index >= 15 is 0 Å². The van der Waals surface area contributed by atoms with Crippen LogP contribution in [0.15, 0.2) is 12.2 Å². The van der Waals surface area contributed by atoms with E-state index in [1.807, 2.05) is 7.05 Å². The van der Waals surface area contributed by atoms with Gasteiger partial charge < -0.3 is 5.32 Å². The second-order valence-electron chi connectivity index (χ2n) is 4.01. The zero-order valence-corrected chi connectivity index (χ0v) is 8.98. The van der Waals surface area contributed by atoms with Crippen molar-refractivity contribution in [3.8, 4) is 0 Å². The number of rotatable bonds is 6. The minimum Gasteiger partial charge on any atom is -0.319 e. The minimum atomic E-state index is 0.773. The first kappa shape index (κ1) is 11.7. The van der Waals surface area contributed by atoms with E-state index in [1.165, 1.54) is 18.4 Å². The summed E-state index contributed by atoms with van der Waals surface area (Å²) in [7, 11) is 2.02. The van der Waals surface area contributed by atoms with Crippen molar-refractivity contribution in [3.63, 3.8) is 0 Å². The Kier molecular flexibility index (Phi) is 6.09. The third-order valence-electron chi connectivity index (χ3n) is 2.52. The Hall–Kier alpha value is -0.300. The van der Waals surface area contributed by atoms with Gasteiger partial charge in [-0.3, -0.25) is 0 Å². The largest absolute Gasteiger partial charge is 0.319 e. The zero-order valence-electron chi connectivity index (χ0n) is 8.98. The maximum Gasteiger partial charge on any atom is -0.00236 e. The SMILES string of the molecule is C=C(C)CCC(C)C(C)CNC. The number of hydrogen-bond acceptors (Lipinski definition) is 1. The number of allylic oxidation sites excluding steroid dienone is 1. The predicted molar refractivity (Wildman–Crippen MR) is 56.3 cm³/mol. The average molecular weight is 169 g/mol. The molecule has 0 radical (unpaired) electrons. The lowest BCUT2D eigenvalue weighted by molar-refractivity contribution is 0.355. The lowest BCUT2D eigenvalue weighted by atomic mass is 9.90. The molecule has 1 nitrogen and oxygen atoms in total. The predicted octanol–water partition coefficient (Wildman–Crippen LogP) is 2.83. The molecule has 0 saturated carbocycles. The van der Waals surface area contributed by atoms with Crippen LogP contribution in [0.25, 0.3) is 0 Å². The van der Waals surface area contributed by atoms with Crippen molar-refractivity contribution in [3.05, 3.63) is 12.2 Å². The number of nitrogens with one attached hydrogen (secondary N) is 1. The third-order valence-corrected chi connectivity index (χ3v) is 2.52. The lowest BCUT2D eigenvalue weighted by Gasteiger charge is -2.19. The molecular weight excluding hydrogens is 146 g/mol. The van der Waals surface area contributed by atoms with E-state index in [1.54, 1.807) is 0 Å². The third kappa shape index (κ3) is 5.36. The van der Waals surface area contributed by atoms with Crippen molar-refractivity contribution in [2.75, 3.05) is 13.6 Å². The molecule has 1 heteroatoms. The van der Waals surface area contributed by atoms with E-state index in [9.17, 15) is 0 Å². The van der Waals surface area contributed by atoms with Gasteiger partial charge in [0.2, 0.25) is 0 Å². The monoisotopic (exact) mass is 169 g/mol. The summed E-state index contributed by atoms with van der Waals surface area (Å²) in [6.45, 7) is 11.8. The molecule has 2 atom stereocenters. The molecule has 0 aliphatic rings. The normalized spacial score (nSPS) is 15.7. The average Bonchev–Trinajstić information content (AvgIpc) is 2.00. The van der Waals surface area contributed by atoms with Gasteiger partial charge in [0.05, 0.1) is 0 Å². The van der Waals surface area contributed by atoms with E-state index in [-0.39, 0.29) is 0 Å². The van der Waals surface area contributed by atoms with Crippen molar-refractivity contribution in [2.24, 2.45) is 11.8 Å². The first-order valence-electron chi connectivity index (χ1n) is 4.87. The molecule has 0 amide bonds. The topological polar surface area (TPSA) is 12.0 Å². The molecule has 0 aromatic heterocycles. The van der Waals surface area contributed by atoms with E-state index in [4.69, 9.17) is 0 Å². The van der Waals surface area contributed by atoms with Crippen LogP contribution in [0.5, 0.6) is 0 Å². The molecule has 2 unspecified atom stereocenters. The molecule has 0 aliphatic heterocycles. The zero-order chi connectivity index (χ0) is 9.56. The molecule has 0 fully saturated rings. The molecule has 0 aromatic rings. The second kappa shape index (κ2) is 6.24. The van der Waals surface area contributed by atoms with Gasteiger partial charge in [0.1, 0.15) is 0 Å². The van der Waals surface area contributed by atoms with Crippen LogP contribution in [0.4, 0.5) is 0 Å². The van der Waals surface area contributed by atoms with Crippen LogP contribution in [0, 0.1) is 11.8 Å². The van der Waals surface area contributed by atoms with E-state index in [0.29, 0.717) is 0 Å².